The Morgan fingerprint density at radius 3 is 2.63 bits per heavy atom. The summed E-state index contributed by atoms with van der Waals surface area (Å²) in [5.74, 6) is 1.78. The second-order valence-electron chi connectivity index (χ2n) is 6.03. The first-order valence-electron chi connectivity index (χ1n) is 7.67. The van der Waals surface area contributed by atoms with Crippen LogP contribution in [0.2, 0.25) is 0 Å². The highest BCUT2D eigenvalue weighted by Gasteiger charge is 2.26. The van der Waals surface area contributed by atoms with Crippen molar-refractivity contribution in [3.05, 3.63) is 33.4 Å². The van der Waals surface area contributed by atoms with Gasteiger partial charge in [0.05, 0.1) is 0 Å². The summed E-state index contributed by atoms with van der Waals surface area (Å²) in [6, 6.07) is 9.69. The summed E-state index contributed by atoms with van der Waals surface area (Å²) < 4.78 is 1.33. The van der Waals surface area contributed by atoms with Crippen molar-refractivity contribution >= 4 is 22.6 Å². The van der Waals surface area contributed by atoms with Crippen molar-refractivity contribution in [3.8, 4) is 0 Å². The second-order valence-corrected chi connectivity index (χ2v) is 7.27. The summed E-state index contributed by atoms with van der Waals surface area (Å²) in [5.41, 5.74) is 1.48. The minimum absolute atomic E-state index is 0.660. The molecule has 1 nitrogen and oxygen atoms in total. The van der Waals surface area contributed by atoms with Crippen LogP contribution in [-0.2, 0) is 6.42 Å². The van der Waals surface area contributed by atoms with Crippen LogP contribution in [0, 0.1) is 15.4 Å². The van der Waals surface area contributed by atoms with Gasteiger partial charge in [-0.25, -0.2) is 0 Å². The van der Waals surface area contributed by atoms with Gasteiger partial charge in [-0.3, -0.25) is 0 Å². The molecule has 2 heteroatoms. The molecule has 1 aromatic rings. The number of rotatable bonds is 5. The highest BCUT2D eigenvalue weighted by molar-refractivity contribution is 14.1. The topological polar surface area (TPSA) is 12.0 Å². The lowest BCUT2D eigenvalue weighted by Crippen LogP contribution is -2.40. The van der Waals surface area contributed by atoms with Gasteiger partial charge in [-0.15, -0.1) is 0 Å². The molecule has 1 fully saturated rings. The predicted molar refractivity (Wildman–Crippen MR) is 91.4 cm³/mol. The molecular weight excluding hydrogens is 345 g/mol. The van der Waals surface area contributed by atoms with Crippen molar-refractivity contribution in [1.82, 2.24) is 5.32 Å². The van der Waals surface area contributed by atoms with Crippen LogP contribution in [0.5, 0.6) is 0 Å². The van der Waals surface area contributed by atoms with Gasteiger partial charge in [0.15, 0.2) is 0 Å². The smallest absolute Gasteiger partial charge is 0.0136 e. The average Bonchev–Trinajstić information content (AvgIpc) is 2.41. The van der Waals surface area contributed by atoms with Crippen molar-refractivity contribution in [2.24, 2.45) is 11.8 Å². The molecule has 1 N–H and O–H groups in total. The van der Waals surface area contributed by atoms with Gasteiger partial charge >= 0.3 is 0 Å². The van der Waals surface area contributed by atoms with Gasteiger partial charge in [0.25, 0.3) is 0 Å². The maximum atomic E-state index is 3.73. The second kappa shape index (κ2) is 7.63. The molecule has 0 spiro atoms. The molecule has 1 aliphatic carbocycles. The lowest BCUT2D eigenvalue weighted by Gasteiger charge is -2.34. The minimum Gasteiger partial charge on any atom is -0.314 e. The van der Waals surface area contributed by atoms with Crippen molar-refractivity contribution < 1.29 is 0 Å². The lowest BCUT2D eigenvalue weighted by molar-refractivity contribution is 0.222. The number of nitrogens with one attached hydrogen (secondary N) is 1. The van der Waals surface area contributed by atoms with Crippen molar-refractivity contribution in [2.45, 2.75) is 52.0 Å². The lowest BCUT2D eigenvalue weighted by atomic mass is 9.77. The Bertz CT molecular complexity index is 373. The van der Waals surface area contributed by atoms with Gasteiger partial charge in [-0.1, -0.05) is 38.8 Å². The monoisotopic (exact) mass is 371 g/mol. The van der Waals surface area contributed by atoms with Gasteiger partial charge in [-0.05, 0) is 77.9 Å². The molecule has 1 aliphatic rings. The standard InChI is InChI=1S/C17H26IN/c1-3-19-17(15-6-4-5-13(2)11-15)12-14-7-9-16(18)10-8-14/h7-10,13,15,17,19H,3-6,11-12H2,1-2H3. The molecule has 19 heavy (non-hydrogen) atoms. The summed E-state index contributed by atoms with van der Waals surface area (Å²) in [4.78, 5) is 0. The summed E-state index contributed by atoms with van der Waals surface area (Å²) >= 11 is 2.38. The van der Waals surface area contributed by atoms with Crippen LogP contribution in [-0.4, -0.2) is 12.6 Å². The molecule has 1 saturated carbocycles. The summed E-state index contributed by atoms with van der Waals surface area (Å²) in [6.45, 7) is 5.73. The Kier molecular flexibility index (Phi) is 6.14. The molecule has 0 aromatic heterocycles. The fourth-order valence-electron chi connectivity index (χ4n) is 3.39. The number of halogens is 1. The third-order valence-corrected chi connectivity index (χ3v) is 5.10. The number of hydrogen-bond acceptors (Lipinski definition) is 1. The quantitative estimate of drug-likeness (QED) is 0.744. The predicted octanol–water partition coefficient (Wildman–Crippen LogP) is 4.64. The SMILES string of the molecule is CCNC(Cc1ccc(I)cc1)C1CCCC(C)C1. The highest BCUT2D eigenvalue weighted by Crippen LogP contribution is 2.32. The maximum Gasteiger partial charge on any atom is 0.0136 e. The Labute approximate surface area is 131 Å². The van der Waals surface area contributed by atoms with E-state index < -0.39 is 0 Å². The minimum atomic E-state index is 0.660. The molecule has 0 bridgehead atoms. The Balaban J connectivity index is 2.00. The number of hydrogen-bond donors (Lipinski definition) is 1. The Hall–Kier alpha value is -0.0900. The van der Waals surface area contributed by atoms with E-state index in [-0.39, 0.29) is 0 Å². The fraction of sp³-hybridized carbons (Fsp3) is 0.647. The number of benzene rings is 1. The van der Waals surface area contributed by atoms with E-state index in [0.29, 0.717) is 6.04 Å². The number of likely N-dealkylation sites (N-methyl/N-ethyl adjacent to an activating group) is 1. The molecule has 3 atom stereocenters. The van der Waals surface area contributed by atoms with Crippen LogP contribution in [0.15, 0.2) is 24.3 Å². The van der Waals surface area contributed by atoms with Crippen LogP contribution in [0.1, 0.15) is 45.1 Å². The zero-order chi connectivity index (χ0) is 13.7. The molecule has 3 unspecified atom stereocenters. The van der Waals surface area contributed by atoms with Gasteiger partial charge in [-0.2, -0.15) is 0 Å². The van der Waals surface area contributed by atoms with Crippen LogP contribution >= 0.6 is 22.6 Å². The van der Waals surface area contributed by atoms with Crippen LogP contribution in [0.4, 0.5) is 0 Å². The van der Waals surface area contributed by atoms with E-state index in [1.807, 2.05) is 0 Å². The molecule has 0 radical (unpaired) electrons. The van der Waals surface area contributed by atoms with Gasteiger partial charge < -0.3 is 5.32 Å². The third kappa shape index (κ3) is 4.75. The van der Waals surface area contributed by atoms with Crippen molar-refractivity contribution in [3.63, 3.8) is 0 Å². The van der Waals surface area contributed by atoms with Crippen molar-refractivity contribution in [1.29, 1.82) is 0 Å². The van der Waals surface area contributed by atoms with Crippen LogP contribution in [0.3, 0.4) is 0 Å². The molecule has 0 amide bonds. The summed E-state index contributed by atoms with van der Waals surface area (Å²) in [5, 5.41) is 3.73. The van der Waals surface area contributed by atoms with Crippen LogP contribution < -0.4 is 5.32 Å². The molecule has 0 aliphatic heterocycles. The first kappa shape index (κ1) is 15.3. The van der Waals surface area contributed by atoms with Gasteiger partial charge in [0, 0.05) is 9.61 Å². The summed E-state index contributed by atoms with van der Waals surface area (Å²) in [7, 11) is 0. The zero-order valence-corrected chi connectivity index (χ0v) is 14.3. The molecule has 106 valence electrons. The van der Waals surface area contributed by atoms with Crippen LogP contribution in [0.25, 0.3) is 0 Å². The Morgan fingerprint density at radius 2 is 2.00 bits per heavy atom. The Morgan fingerprint density at radius 1 is 1.26 bits per heavy atom. The summed E-state index contributed by atoms with van der Waals surface area (Å²) in [6.07, 6.45) is 6.84. The van der Waals surface area contributed by atoms with E-state index in [9.17, 15) is 0 Å². The molecule has 0 saturated heterocycles. The van der Waals surface area contributed by atoms with E-state index in [1.165, 1.54) is 41.2 Å². The van der Waals surface area contributed by atoms with E-state index >= 15 is 0 Å². The molecule has 1 aromatic carbocycles. The first-order valence-corrected chi connectivity index (χ1v) is 8.74. The van der Waals surface area contributed by atoms with E-state index in [1.54, 1.807) is 0 Å². The zero-order valence-electron chi connectivity index (χ0n) is 12.2. The van der Waals surface area contributed by atoms with Gasteiger partial charge in [0.2, 0.25) is 0 Å². The largest absolute Gasteiger partial charge is 0.314 e. The third-order valence-electron chi connectivity index (χ3n) is 4.38. The maximum absolute atomic E-state index is 3.73. The normalized spacial score (nSPS) is 25.2. The molecule has 0 heterocycles. The molecular formula is C17H26IN. The highest BCUT2D eigenvalue weighted by atomic mass is 127. The van der Waals surface area contributed by atoms with Crippen molar-refractivity contribution in [2.75, 3.05) is 6.54 Å². The molecule has 2 rings (SSSR count). The first-order chi connectivity index (χ1) is 9.19. The fourth-order valence-corrected chi connectivity index (χ4v) is 3.75. The average molecular weight is 371 g/mol. The van der Waals surface area contributed by atoms with E-state index in [4.69, 9.17) is 0 Å². The van der Waals surface area contributed by atoms with E-state index in [0.717, 1.165) is 18.4 Å². The van der Waals surface area contributed by atoms with Gasteiger partial charge in [0.1, 0.15) is 0 Å². The van der Waals surface area contributed by atoms with E-state index in [2.05, 4.69) is 66.0 Å².